The van der Waals surface area contributed by atoms with Crippen LogP contribution in [0.15, 0.2) is 28.7 Å². The molecule has 3 N–H and O–H groups in total. The Bertz CT molecular complexity index is 333. The molecule has 0 aliphatic carbocycles. The van der Waals surface area contributed by atoms with Crippen LogP contribution in [0, 0.1) is 0 Å². The standard InChI is InChI=1S/C10H13BrN2O.ClH/c1-7(13-10(14)6-12)8-3-2-4-9(11)5-8;/h2-5,7H,6,12H2,1H3,(H,13,14);1H. The van der Waals surface area contributed by atoms with E-state index >= 15 is 0 Å². The minimum Gasteiger partial charge on any atom is -0.348 e. The van der Waals surface area contributed by atoms with Gasteiger partial charge < -0.3 is 11.1 Å². The van der Waals surface area contributed by atoms with Crippen LogP contribution in [0.3, 0.4) is 0 Å². The number of nitrogens with one attached hydrogen (secondary N) is 1. The van der Waals surface area contributed by atoms with E-state index in [0.29, 0.717) is 0 Å². The molecule has 1 unspecified atom stereocenters. The fourth-order valence-electron chi connectivity index (χ4n) is 1.16. The second-order valence-electron chi connectivity index (χ2n) is 3.05. The Kier molecular flexibility index (Phi) is 6.56. The summed E-state index contributed by atoms with van der Waals surface area (Å²) in [5.74, 6) is -0.141. The van der Waals surface area contributed by atoms with E-state index in [1.807, 2.05) is 31.2 Å². The van der Waals surface area contributed by atoms with Crippen molar-refractivity contribution in [3.63, 3.8) is 0 Å². The first-order valence-corrected chi connectivity index (χ1v) is 5.17. The molecular weight excluding hydrogens is 279 g/mol. The van der Waals surface area contributed by atoms with Crippen molar-refractivity contribution in [1.82, 2.24) is 5.32 Å². The number of rotatable bonds is 3. The van der Waals surface area contributed by atoms with E-state index in [4.69, 9.17) is 5.73 Å². The smallest absolute Gasteiger partial charge is 0.234 e. The molecule has 0 heterocycles. The second-order valence-corrected chi connectivity index (χ2v) is 3.96. The number of carbonyl (C=O) groups excluding carboxylic acids is 1. The van der Waals surface area contributed by atoms with E-state index in [-0.39, 0.29) is 30.9 Å². The number of hydrogen-bond acceptors (Lipinski definition) is 2. The summed E-state index contributed by atoms with van der Waals surface area (Å²) in [5, 5.41) is 2.79. The Labute approximate surface area is 104 Å². The first-order chi connectivity index (χ1) is 6.63. The molecule has 0 saturated heterocycles. The zero-order valence-electron chi connectivity index (χ0n) is 8.37. The first kappa shape index (κ1) is 14.4. The number of benzene rings is 1. The fourth-order valence-corrected chi connectivity index (χ4v) is 1.58. The van der Waals surface area contributed by atoms with E-state index in [1.54, 1.807) is 0 Å². The van der Waals surface area contributed by atoms with Crippen LogP contribution in [-0.2, 0) is 4.79 Å². The zero-order chi connectivity index (χ0) is 10.6. The molecule has 1 rings (SSSR count). The Morgan fingerprint density at radius 2 is 2.27 bits per heavy atom. The predicted molar refractivity (Wildman–Crippen MR) is 67.0 cm³/mol. The highest BCUT2D eigenvalue weighted by Crippen LogP contribution is 2.17. The topological polar surface area (TPSA) is 55.1 Å². The molecule has 3 nitrogen and oxygen atoms in total. The van der Waals surface area contributed by atoms with Crippen LogP contribution in [-0.4, -0.2) is 12.5 Å². The number of nitrogens with two attached hydrogens (primary N) is 1. The van der Waals surface area contributed by atoms with Crippen LogP contribution in [0.2, 0.25) is 0 Å². The van der Waals surface area contributed by atoms with Crippen molar-refractivity contribution in [2.75, 3.05) is 6.54 Å². The number of amides is 1. The molecule has 0 bridgehead atoms. The molecule has 1 atom stereocenters. The predicted octanol–water partition coefficient (Wildman–Crippen LogP) is 2.01. The summed E-state index contributed by atoms with van der Waals surface area (Å²) in [6, 6.07) is 7.81. The average Bonchev–Trinajstić information content (AvgIpc) is 2.17. The summed E-state index contributed by atoms with van der Waals surface area (Å²) in [6.45, 7) is 1.95. The van der Waals surface area contributed by atoms with Crippen molar-refractivity contribution in [1.29, 1.82) is 0 Å². The lowest BCUT2D eigenvalue weighted by Crippen LogP contribution is -2.32. The van der Waals surface area contributed by atoms with Gasteiger partial charge in [0, 0.05) is 4.47 Å². The molecule has 15 heavy (non-hydrogen) atoms. The fraction of sp³-hybridized carbons (Fsp3) is 0.300. The molecule has 1 amide bonds. The van der Waals surface area contributed by atoms with E-state index in [0.717, 1.165) is 10.0 Å². The van der Waals surface area contributed by atoms with Gasteiger partial charge in [0.15, 0.2) is 0 Å². The third-order valence-corrected chi connectivity index (χ3v) is 2.40. The molecule has 0 aliphatic heterocycles. The van der Waals surface area contributed by atoms with Gasteiger partial charge in [-0.3, -0.25) is 4.79 Å². The summed E-state index contributed by atoms with van der Waals surface area (Å²) in [6.07, 6.45) is 0. The summed E-state index contributed by atoms with van der Waals surface area (Å²) in [5.41, 5.74) is 6.26. The first-order valence-electron chi connectivity index (χ1n) is 4.38. The Balaban J connectivity index is 0.00000196. The zero-order valence-corrected chi connectivity index (χ0v) is 10.8. The lowest BCUT2D eigenvalue weighted by atomic mass is 10.1. The summed E-state index contributed by atoms with van der Waals surface area (Å²) < 4.78 is 1.00. The van der Waals surface area contributed by atoms with Crippen LogP contribution >= 0.6 is 28.3 Å². The van der Waals surface area contributed by atoms with E-state index in [2.05, 4.69) is 21.2 Å². The normalized spacial score (nSPS) is 11.4. The van der Waals surface area contributed by atoms with Crippen LogP contribution in [0.25, 0.3) is 0 Å². The lowest BCUT2D eigenvalue weighted by Gasteiger charge is -2.13. The van der Waals surface area contributed by atoms with Gasteiger partial charge >= 0.3 is 0 Å². The third-order valence-electron chi connectivity index (χ3n) is 1.91. The maximum atomic E-state index is 11.0. The van der Waals surface area contributed by atoms with Gasteiger partial charge in [-0.1, -0.05) is 28.1 Å². The van der Waals surface area contributed by atoms with Gasteiger partial charge in [-0.25, -0.2) is 0 Å². The molecule has 0 fully saturated rings. The van der Waals surface area contributed by atoms with Gasteiger partial charge in [0.2, 0.25) is 5.91 Å². The second kappa shape index (κ2) is 6.82. The van der Waals surface area contributed by atoms with E-state index in [9.17, 15) is 4.79 Å². The van der Waals surface area contributed by atoms with Crippen molar-refractivity contribution in [3.05, 3.63) is 34.3 Å². The van der Waals surface area contributed by atoms with Gasteiger partial charge in [0.05, 0.1) is 12.6 Å². The van der Waals surface area contributed by atoms with Crippen molar-refractivity contribution in [2.45, 2.75) is 13.0 Å². The quantitative estimate of drug-likeness (QED) is 0.896. The van der Waals surface area contributed by atoms with Crippen LogP contribution in [0.4, 0.5) is 0 Å². The molecule has 1 aromatic rings. The molecule has 1 aromatic carbocycles. The lowest BCUT2D eigenvalue weighted by molar-refractivity contribution is -0.120. The molecule has 0 radical (unpaired) electrons. The molecule has 5 heteroatoms. The third kappa shape index (κ3) is 4.64. The van der Waals surface area contributed by atoms with Crippen LogP contribution < -0.4 is 11.1 Å². The van der Waals surface area contributed by atoms with Gasteiger partial charge in [0.25, 0.3) is 0 Å². The largest absolute Gasteiger partial charge is 0.348 e. The maximum absolute atomic E-state index is 11.0. The molecule has 0 saturated carbocycles. The molecule has 0 aromatic heterocycles. The highest BCUT2D eigenvalue weighted by atomic mass is 79.9. The molecule has 84 valence electrons. The minimum absolute atomic E-state index is 0. The highest BCUT2D eigenvalue weighted by molar-refractivity contribution is 9.10. The Hall–Kier alpha value is -0.580. The SMILES string of the molecule is CC(NC(=O)CN)c1cccc(Br)c1.Cl. The van der Waals surface area contributed by atoms with Crippen LogP contribution in [0.5, 0.6) is 0 Å². The maximum Gasteiger partial charge on any atom is 0.234 e. The summed E-state index contributed by atoms with van der Waals surface area (Å²) in [4.78, 5) is 11.0. The molecule has 0 spiro atoms. The number of carbonyl (C=O) groups is 1. The number of halogens is 2. The van der Waals surface area contributed by atoms with Gasteiger partial charge in [-0.15, -0.1) is 12.4 Å². The number of hydrogen-bond donors (Lipinski definition) is 2. The monoisotopic (exact) mass is 292 g/mol. The van der Waals surface area contributed by atoms with Gasteiger partial charge in [-0.05, 0) is 24.6 Å². The van der Waals surface area contributed by atoms with Crippen LogP contribution in [0.1, 0.15) is 18.5 Å². The minimum atomic E-state index is -0.141. The molecule has 0 aliphatic rings. The van der Waals surface area contributed by atoms with E-state index < -0.39 is 0 Å². The van der Waals surface area contributed by atoms with Gasteiger partial charge in [0.1, 0.15) is 0 Å². The Morgan fingerprint density at radius 1 is 1.60 bits per heavy atom. The van der Waals surface area contributed by atoms with Crippen molar-refractivity contribution >= 4 is 34.2 Å². The van der Waals surface area contributed by atoms with Crippen molar-refractivity contribution in [2.24, 2.45) is 5.73 Å². The summed E-state index contributed by atoms with van der Waals surface area (Å²) in [7, 11) is 0. The van der Waals surface area contributed by atoms with Crippen molar-refractivity contribution < 1.29 is 4.79 Å². The van der Waals surface area contributed by atoms with Gasteiger partial charge in [-0.2, -0.15) is 0 Å². The van der Waals surface area contributed by atoms with Crippen molar-refractivity contribution in [3.8, 4) is 0 Å². The Morgan fingerprint density at radius 3 is 2.80 bits per heavy atom. The summed E-state index contributed by atoms with van der Waals surface area (Å²) >= 11 is 3.38. The average molecular weight is 294 g/mol. The molecular formula is C10H14BrClN2O. The van der Waals surface area contributed by atoms with E-state index in [1.165, 1.54) is 0 Å². The highest BCUT2D eigenvalue weighted by Gasteiger charge is 2.07.